The first-order chi connectivity index (χ1) is 12.1. The second-order valence-corrected chi connectivity index (χ2v) is 7.69. The summed E-state index contributed by atoms with van der Waals surface area (Å²) >= 11 is 3.29. The van der Waals surface area contributed by atoms with E-state index < -0.39 is 6.10 Å². The van der Waals surface area contributed by atoms with Gasteiger partial charge in [-0.05, 0) is 25.5 Å². The molecule has 1 amide bonds. The van der Waals surface area contributed by atoms with Crippen LogP contribution in [0.15, 0.2) is 28.6 Å². The molecule has 0 aliphatic carbocycles. The molecule has 0 fully saturated rings. The molecule has 0 aliphatic heterocycles. The third-order valence-corrected chi connectivity index (χ3v) is 5.57. The molecule has 2 rings (SSSR count). The minimum absolute atomic E-state index is 0.285. The number of nitrogens with one attached hydrogen (secondary N) is 1. The lowest BCUT2D eigenvalue weighted by Crippen LogP contribution is -2.37. The fourth-order valence-electron chi connectivity index (χ4n) is 2.02. The molecule has 0 bridgehead atoms. The second kappa shape index (κ2) is 10.4. The van der Waals surface area contributed by atoms with Crippen molar-refractivity contribution in [2.75, 3.05) is 26.0 Å². The minimum atomic E-state index is -0.790. The van der Waals surface area contributed by atoms with E-state index in [-0.39, 0.29) is 18.3 Å². The molecule has 1 aromatic heterocycles. The Morgan fingerprint density at radius 3 is 2.92 bits per heavy atom. The van der Waals surface area contributed by atoms with Crippen molar-refractivity contribution >= 4 is 45.2 Å². The van der Waals surface area contributed by atoms with Gasteiger partial charge < -0.3 is 14.8 Å². The van der Waals surface area contributed by atoms with E-state index in [0.29, 0.717) is 19.6 Å². The highest BCUT2D eigenvalue weighted by Gasteiger charge is 2.17. The van der Waals surface area contributed by atoms with Gasteiger partial charge in [0.15, 0.2) is 10.4 Å². The average molecular weight is 383 g/mol. The summed E-state index contributed by atoms with van der Waals surface area (Å²) in [5.41, 5.74) is 1.00. The summed E-state index contributed by atoms with van der Waals surface area (Å²) in [6.45, 7) is 2.39. The van der Waals surface area contributed by atoms with Crippen molar-refractivity contribution in [3.8, 4) is 0 Å². The van der Waals surface area contributed by atoms with Crippen LogP contribution >= 0.6 is 23.1 Å². The van der Waals surface area contributed by atoms with Crippen molar-refractivity contribution < 1.29 is 19.1 Å². The summed E-state index contributed by atoms with van der Waals surface area (Å²) in [5.74, 6) is 0.108. The Labute approximate surface area is 155 Å². The zero-order chi connectivity index (χ0) is 18.1. The highest BCUT2D eigenvalue weighted by molar-refractivity contribution is 8.01. The molecule has 1 atom stereocenters. The molecule has 1 aromatic carbocycles. The van der Waals surface area contributed by atoms with Crippen LogP contribution in [0, 0.1) is 0 Å². The van der Waals surface area contributed by atoms with Gasteiger partial charge in [0.1, 0.15) is 0 Å². The number of esters is 1. The van der Waals surface area contributed by atoms with E-state index in [9.17, 15) is 9.59 Å². The monoisotopic (exact) mass is 382 g/mol. The second-order valence-electron chi connectivity index (χ2n) is 5.32. The number of para-hydroxylation sites is 1. The Hall–Kier alpha value is -1.64. The molecule has 0 radical (unpaired) electrons. The van der Waals surface area contributed by atoms with Crippen LogP contribution in [0.2, 0.25) is 0 Å². The standard InChI is InChI=1S/C17H22N2O4S2/c1-12(16(21)18-9-10-22-2)23-15(20)8-5-11-24-17-19-13-6-3-4-7-14(13)25-17/h3-4,6-7,12H,5,8-11H2,1-2H3,(H,18,21)/t12-/m0/s1. The fourth-order valence-corrected chi connectivity index (χ4v) is 4.10. The molecule has 2 aromatic rings. The fraction of sp³-hybridized carbons (Fsp3) is 0.471. The molecule has 136 valence electrons. The van der Waals surface area contributed by atoms with Gasteiger partial charge in [0.05, 0.1) is 16.8 Å². The van der Waals surface area contributed by atoms with Crippen LogP contribution < -0.4 is 5.32 Å². The number of hydrogen-bond donors (Lipinski definition) is 1. The first-order valence-corrected chi connectivity index (χ1v) is 9.85. The number of nitrogens with zero attached hydrogens (tertiary/aromatic N) is 1. The maximum absolute atomic E-state index is 11.8. The molecule has 6 nitrogen and oxygen atoms in total. The van der Waals surface area contributed by atoms with Crippen molar-refractivity contribution in [2.45, 2.75) is 30.2 Å². The first kappa shape index (κ1) is 19.7. The van der Waals surface area contributed by atoms with Gasteiger partial charge in [-0.2, -0.15) is 0 Å². The average Bonchev–Trinajstić information content (AvgIpc) is 3.01. The van der Waals surface area contributed by atoms with E-state index in [4.69, 9.17) is 9.47 Å². The van der Waals surface area contributed by atoms with Crippen LogP contribution in [0.25, 0.3) is 10.2 Å². The quantitative estimate of drug-likeness (QED) is 0.387. The van der Waals surface area contributed by atoms with Gasteiger partial charge in [0, 0.05) is 25.8 Å². The van der Waals surface area contributed by atoms with Crippen LogP contribution in [-0.2, 0) is 19.1 Å². The number of methoxy groups -OCH3 is 1. The molecule has 0 saturated heterocycles. The molecular weight excluding hydrogens is 360 g/mol. The SMILES string of the molecule is COCCNC(=O)[C@H](C)OC(=O)CCCSc1nc2ccccc2s1. The van der Waals surface area contributed by atoms with Crippen LogP contribution in [0.5, 0.6) is 0 Å². The molecule has 8 heteroatoms. The number of amides is 1. The summed E-state index contributed by atoms with van der Waals surface area (Å²) in [6.07, 6.45) is 0.173. The Kier molecular flexibility index (Phi) is 8.17. The van der Waals surface area contributed by atoms with Gasteiger partial charge in [-0.15, -0.1) is 11.3 Å². The van der Waals surface area contributed by atoms with Crippen LogP contribution in [-0.4, -0.2) is 49.0 Å². The predicted octanol–water partition coefficient (Wildman–Crippen LogP) is 2.86. The molecule has 0 aliphatic rings. The van der Waals surface area contributed by atoms with Crippen LogP contribution in [0.4, 0.5) is 0 Å². The summed E-state index contributed by atoms with van der Waals surface area (Å²) in [7, 11) is 1.56. The Bertz CT molecular complexity index is 672. The van der Waals surface area contributed by atoms with Crippen LogP contribution in [0.3, 0.4) is 0 Å². The van der Waals surface area contributed by atoms with E-state index in [1.807, 2.05) is 24.3 Å². The zero-order valence-corrected chi connectivity index (χ0v) is 16.0. The third-order valence-electron chi connectivity index (χ3n) is 3.31. The lowest BCUT2D eigenvalue weighted by atomic mass is 10.3. The third kappa shape index (κ3) is 6.64. The topological polar surface area (TPSA) is 77.5 Å². The number of carbonyl (C=O) groups is 2. The number of aromatic nitrogens is 1. The molecule has 1 N–H and O–H groups in total. The minimum Gasteiger partial charge on any atom is -0.453 e. The smallest absolute Gasteiger partial charge is 0.306 e. The van der Waals surface area contributed by atoms with E-state index in [1.54, 1.807) is 37.1 Å². The zero-order valence-electron chi connectivity index (χ0n) is 14.3. The van der Waals surface area contributed by atoms with Gasteiger partial charge in [-0.1, -0.05) is 23.9 Å². The van der Waals surface area contributed by atoms with Crippen molar-refractivity contribution in [3.05, 3.63) is 24.3 Å². The number of hydrogen-bond acceptors (Lipinski definition) is 7. The number of fused-ring (bicyclic) bond motifs is 1. The Morgan fingerprint density at radius 1 is 1.36 bits per heavy atom. The van der Waals surface area contributed by atoms with Crippen molar-refractivity contribution in [1.82, 2.24) is 10.3 Å². The van der Waals surface area contributed by atoms with E-state index >= 15 is 0 Å². The molecule has 25 heavy (non-hydrogen) atoms. The Balaban J connectivity index is 1.63. The van der Waals surface area contributed by atoms with Crippen molar-refractivity contribution in [3.63, 3.8) is 0 Å². The number of carbonyl (C=O) groups excluding carboxylic acids is 2. The van der Waals surface area contributed by atoms with Gasteiger partial charge in [0.2, 0.25) is 0 Å². The van der Waals surface area contributed by atoms with Gasteiger partial charge in [0.25, 0.3) is 5.91 Å². The number of thioether (sulfide) groups is 1. The first-order valence-electron chi connectivity index (χ1n) is 8.04. The molecular formula is C17H22N2O4S2. The highest BCUT2D eigenvalue weighted by atomic mass is 32.2. The van der Waals surface area contributed by atoms with Gasteiger partial charge >= 0.3 is 5.97 Å². The number of ether oxygens (including phenoxy) is 2. The van der Waals surface area contributed by atoms with Crippen LogP contribution in [0.1, 0.15) is 19.8 Å². The number of thiazole rings is 1. The maximum atomic E-state index is 11.8. The maximum Gasteiger partial charge on any atom is 0.306 e. The summed E-state index contributed by atoms with van der Waals surface area (Å²) in [6, 6.07) is 8.01. The Morgan fingerprint density at radius 2 is 2.16 bits per heavy atom. The van der Waals surface area contributed by atoms with E-state index in [0.717, 1.165) is 20.3 Å². The molecule has 1 heterocycles. The molecule has 0 saturated carbocycles. The summed E-state index contributed by atoms with van der Waals surface area (Å²) in [5, 5.41) is 2.64. The predicted molar refractivity (Wildman–Crippen MR) is 100 cm³/mol. The van der Waals surface area contributed by atoms with Crippen molar-refractivity contribution in [2.24, 2.45) is 0 Å². The largest absolute Gasteiger partial charge is 0.453 e. The normalized spacial score (nSPS) is 12.1. The highest BCUT2D eigenvalue weighted by Crippen LogP contribution is 2.29. The van der Waals surface area contributed by atoms with E-state index in [2.05, 4.69) is 10.3 Å². The number of rotatable bonds is 10. The molecule has 0 spiro atoms. The molecule has 0 unspecified atom stereocenters. The van der Waals surface area contributed by atoms with Gasteiger partial charge in [-0.3, -0.25) is 9.59 Å². The van der Waals surface area contributed by atoms with E-state index in [1.165, 1.54) is 0 Å². The number of benzene rings is 1. The lowest BCUT2D eigenvalue weighted by Gasteiger charge is -2.13. The summed E-state index contributed by atoms with van der Waals surface area (Å²) in [4.78, 5) is 28.0. The van der Waals surface area contributed by atoms with Crippen molar-refractivity contribution in [1.29, 1.82) is 0 Å². The summed E-state index contributed by atoms with van der Waals surface area (Å²) < 4.78 is 12.1. The van der Waals surface area contributed by atoms with Gasteiger partial charge in [-0.25, -0.2) is 4.98 Å². The lowest BCUT2D eigenvalue weighted by molar-refractivity contribution is -0.154.